The Kier molecular flexibility index (Phi) is 6.35. The molecule has 0 bridgehead atoms. The van der Waals surface area contributed by atoms with Crippen LogP contribution in [0.25, 0.3) is 0 Å². The normalized spacial score (nSPS) is 12.3. The van der Waals surface area contributed by atoms with Gasteiger partial charge in [0.15, 0.2) is 5.69 Å². The second kappa shape index (κ2) is 8.48. The molecule has 2 rings (SSSR count). The van der Waals surface area contributed by atoms with Crippen molar-refractivity contribution >= 4 is 5.91 Å². The van der Waals surface area contributed by atoms with Crippen LogP contribution in [-0.2, 0) is 6.42 Å². The molecule has 5 nitrogen and oxygen atoms in total. The highest BCUT2D eigenvalue weighted by Crippen LogP contribution is 2.18. The molecule has 3 N–H and O–H groups in total. The Bertz CT molecular complexity index is 608. The second-order valence-corrected chi connectivity index (χ2v) is 6.15. The number of rotatable bonds is 8. The predicted molar refractivity (Wildman–Crippen MR) is 90.0 cm³/mol. The van der Waals surface area contributed by atoms with Crippen molar-refractivity contribution in [2.75, 3.05) is 6.54 Å². The van der Waals surface area contributed by atoms with Crippen LogP contribution in [0.2, 0.25) is 0 Å². The summed E-state index contributed by atoms with van der Waals surface area (Å²) in [5.41, 5.74) is 7.57. The van der Waals surface area contributed by atoms with E-state index >= 15 is 0 Å². The van der Waals surface area contributed by atoms with E-state index in [1.165, 1.54) is 11.8 Å². The van der Waals surface area contributed by atoms with Gasteiger partial charge in [-0.25, -0.2) is 4.98 Å². The lowest BCUT2D eigenvalue weighted by atomic mass is 10.0. The fraction of sp³-hybridized carbons (Fsp3) is 0.444. The molecule has 0 aliphatic heterocycles. The van der Waals surface area contributed by atoms with Gasteiger partial charge in [-0.2, -0.15) is 0 Å². The average molecular weight is 315 g/mol. The summed E-state index contributed by atoms with van der Waals surface area (Å²) in [6.07, 6.45) is 3.97. The van der Waals surface area contributed by atoms with E-state index < -0.39 is 0 Å². The lowest BCUT2D eigenvalue weighted by Gasteiger charge is -2.09. The molecule has 0 radical (unpaired) electrons. The summed E-state index contributed by atoms with van der Waals surface area (Å²) in [5, 5.41) is 2.86. The zero-order valence-corrected chi connectivity index (χ0v) is 13.8. The van der Waals surface area contributed by atoms with Gasteiger partial charge in [-0.05, 0) is 30.7 Å². The van der Waals surface area contributed by atoms with Gasteiger partial charge in [-0.3, -0.25) is 4.79 Å². The van der Waals surface area contributed by atoms with E-state index in [9.17, 15) is 4.79 Å². The summed E-state index contributed by atoms with van der Waals surface area (Å²) in [4.78, 5) is 16.2. The van der Waals surface area contributed by atoms with Crippen molar-refractivity contribution in [3.63, 3.8) is 0 Å². The summed E-state index contributed by atoms with van der Waals surface area (Å²) >= 11 is 0. The first-order valence-corrected chi connectivity index (χ1v) is 8.09. The van der Waals surface area contributed by atoms with Crippen LogP contribution in [0.1, 0.15) is 54.7 Å². The lowest BCUT2D eigenvalue weighted by molar-refractivity contribution is 0.0948. The third-order valence-corrected chi connectivity index (χ3v) is 3.57. The Hall–Kier alpha value is -2.14. The Morgan fingerprint density at radius 1 is 1.30 bits per heavy atom. The minimum absolute atomic E-state index is 0.218. The number of amides is 1. The predicted octanol–water partition coefficient (Wildman–Crippen LogP) is 3.08. The van der Waals surface area contributed by atoms with Crippen molar-refractivity contribution in [3.05, 3.63) is 53.7 Å². The number of hydrogen-bond donors (Lipinski definition) is 2. The first-order valence-electron chi connectivity index (χ1n) is 8.09. The van der Waals surface area contributed by atoms with Gasteiger partial charge in [0.05, 0.1) is 6.04 Å². The van der Waals surface area contributed by atoms with Crippen molar-refractivity contribution in [2.45, 2.75) is 39.2 Å². The third kappa shape index (κ3) is 5.53. The number of aromatic nitrogens is 1. The van der Waals surface area contributed by atoms with E-state index in [-0.39, 0.29) is 11.9 Å². The van der Waals surface area contributed by atoms with E-state index in [0.717, 1.165) is 19.3 Å². The summed E-state index contributed by atoms with van der Waals surface area (Å²) in [5.74, 6) is 0.658. The molecule has 1 heterocycles. The molecule has 1 aromatic carbocycles. The molecule has 0 aliphatic carbocycles. The standard InChI is InChI=1S/C18H25N3O2/c1-13(2)11-15(19)18-21-16(12-23-18)17(22)20-10-6-9-14-7-4-3-5-8-14/h3-5,7-8,12-13,15H,6,9-11,19H2,1-2H3,(H,20,22). The number of carbonyl (C=O) groups is 1. The number of nitrogens with zero attached hydrogens (tertiary/aromatic N) is 1. The SMILES string of the molecule is CC(C)CC(N)c1nc(C(=O)NCCCc2ccccc2)co1. The largest absolute Gasteiger partial charge is 0.446 e. The average Bonchev–Trinajstić information content (AvgIpc) is 3.02. The molecular weight excluding hydrogens is 290 g/mol. The Labute approximate surface area is 137 Å². The first kappa shape index (κ1) is 17.2. The van der Waals surface area contributed by atoms with E-state index in [0.29, 0.717) is 24.0 Å². The lowest BCUT2D eigenvalue weighted by Crippen LogP contribution is -2.25. The fourth-order valence-electron chi connectivity index (χ4n) is 2.40. The fourth-order valence-corrected chi connectivity index (χ4v) is 2.40. The minimum Gasteiger partial charge on any atom is -0.446 e. The van der Waals surface area contributed by atoms with Crippen molar-refractivity contribution < 1.29 is 9.21 Å². The number of hydrogen-bond acceptors (Lipinski definition) is 4. The van der Waals surface area contributed by atoms with Gasteiger partial charge in [0.2, 0.25) is 5.89 Å². The van der Waals surface area contributed by atoms with Gasteiger partial charge in [-0.15, -0.1) is 0 Å². The number of oxazole rings is 1. The maximum absolute atomic E-state index is 12.0. The molecule has 0 aliphatic rings. The van der Waals surface area contributed by atoms with Gasteiger partial charge in [0.25, 0.3) is 5.91 Å². The van der Waals surface area contributed by atoms with Crippen LogP contribution < -0.4 is 11.1 Å². The zero-order valence-electron chi connectivity index (χ0n) is 13.8. The van der Waals surface area contributed by atoms with Crippen molar-refractivity contribution in [2.24, 2.45) is 11.7 Å². The number of nitrogens with two attached hydrogens (primary N) is 1. The molecule has 2 aromatic rings. The second-order valence-electron chi connectivity index (χ2n) is 6.15. The van der Waals surface area contributed by atoms with Gasteiger partial charge in [-0.1, -0.05) is 44.2 Å². The van der Waals surface area contributed by atoms with E-state index in [1.54, 1.807) is 0 Å². The Morgan fingerprint density at radius 3 is 2.74 bits per heavy atom. The highest BCUT2D eigenvalue weighted by molar-refractivity contribution is 5.91. The molecule has 0 saturated heterocycles. The molecule has 124 valence electrons. The van der Waals surface area contributed by atoms with Crippen molar-refractivity contribution in [3.8, 4) is 0 Å². The number of benzene rings is 1. The molecule has 1 aromatic heterocycles. The summed E-state index contributed by atoms with van der Waals surface area (Å²) in [7, 11) is 0. The molecule has 0 fully saturated rings. The van der Waals surface area contributed by atoms with Crippen LogP contribution in [0.15, 0.2) is 41.0 Å². The van der Waals surface area contributed by atoms with E-state index in [2.05, 4.69) is 36.3 Å². The van der Waals surface area contributed by atoms with Crippen LogP contribution in [0.3, 0.4) is 0 Å². The van der Waals surface area contributed by atoms with Gasteiger partial charge in [0.1, 0.15) is 6.26 Å². The summed E-state index contributed by atoms with van der Waals surface area (Å²) in [6, 6.07) is 9.94. The van der Waals surface area contributed by atoms with Gasteiger partial charge < -0.3 is 15.5 Å². The Balaban J connectivity index is 1.76. The van der Waals surface area contributed by atoms with Crippen molar-refractivity contribution in [1.29, 1.82) is 0 Å². The van der Waals surface area contributed by atoms with E-state index in [4.69, 9.17) is 10.2 Å². The quantitative estimate of drug-likeness (QED) is 0.734. The van der Waals surface area contributed by atoms with E-state index in [1.807, 2.05) is 18.2 Å². The van der Waals surface area contributed by atoms with Gasteiger partial charge in [0, 0.05) is 6.54 Å². The van der Waals surface area contributed by atoms with Crippen LogP contribution >= 0.6 is 0 Å². The molecule has 1 atom stereocenters. The number of aryl methyl sites for hydroxylation is 1. The highest BCUT2D eigenvalue weighted by atomic mass is 16.3. The molecular formula is C18H25N3O2. The smallest absolute Gasteiger partial charge is 0.273 e. The minimum atomic E-state index is -0.269. The molecule has 5 heteroatoms. The summed E-state index contributed by atoms with van der Waals surface area (Å²) in [6.45, 7) is 4.78. The van der Waals surface area contributed by atoms with Gasteiger partial charge >= 0.3 is 0 Å². The highest BCUT2D eigenvalue weighted by Gasteiger charge is 2.17. The third-order valence-electron chi connectivity index (χ3n) is 3.57. The van der Waals surface area contributed by atoms with Crippen LogP contribution in [0.5, 0.6) is 0 Å². The maximum atomic E-state index is 12.0. The molecule has 0 saturated carbocycles. The summed E-state index contributed by atoms with van der Waals surface area (Å²) < 4.78 is 5.33. The maximum Gasteiger partial charge on any atom is 0.273 e. The van der Waals surface area contributed by atoms with Crippen LogP contribution in [-0.4, -0.2) is 17.4 Å². The molecule has 1 amide bonds. The monoisotopic (exact) mass is 315 g/mol. The number of nitrogens with one attached hydrogen (secondary N) is 1. The topological polar surface area (TPSA) is 81.1 Å². The number of carbonyl (C=O) groups excluding carboxylic acids is 1. The van der Waals surface area contributed by atoms with Crippen LogP contribution in [0, 0.1) is 5.92 Å². The zero-order chi connectivity index (χ0) is 16.7. The molecule has 0 spiro atoms. The first-order chi connectivity index (χ1) is 11.1. The van der Waals surface area contributed by atoms with Crippen molar-refractivity contribution in [1.82, 2.24) is 10.3 Å². The molecule has 23 heavy (non-hydrogen) atoms. The van der Waals surface area contributed by atoms with Crippen LogP contribution in [0.4, 0.5) is 0 Å². The molecule has 1 unspecified atom stereocenters. The Morgan fingerprint density at radius 2 is 2.04 bits per heavy atom.